The van der Waals surface area contributed by atoms with Gasteiger partial charge in [0.1, 0.15) is 0 Å². The minimum Gasteiger partial charge on any atom is -0.356 e. The second-order valence-corrected chi connectivity index (χ2v) is 4.50. The highest BCUT2D eigenvalue weighted by molar-refractivity contribution is 5.72. The summed E-state index contributed by atoms with van der Waals surface area (Å²) in [5.74, 6) is 1.21. The highest BCUT2D eigenvalue weighted by Crippen LogP contribution is 2.19. The SMILES string of the molecule is CC(=O)NCCc1noc(C(C)(C)C)n1. The lowest BCUT2D eigenvalue weighted by molar-refractivity contribution is -0.118. The van der Waals surface area contributed by atoms with Gasteiger partial charge in [-0.05, 0) is 0 Å². The van der Waals surface area contributed by atoms with Gasteiger partial charge in [-0.25, -0.2) is 0 Å². The van der Waals surface area contributed by atoms with Gasteiger partial charge in [-0.3, -0.25) is 4.79 Å². The van der Waals surface area contributed by atoms with Crippen molar-refractivity contribution in [3.05, 3.63) is 11.7 Å². The predicted octanol–water partition coefficient (Wildman–Crippen LogP) is 1.05. The number of carbonyl (C=O) groups is 1. The topological polar surface area (TPSA) is 68.0 Å². The number of hydrogen-bond acceptors (Lipinski definition) is 4. The van der Waals surface area contributed by atoms with Crippen LogP contribution in [0.1, 0.15) is 39.4 Å². The smallest absolute Gasteiger partial charge is 0.232 e. The van der Waals surface area contributed by atoms with Gasteiger partial charge in [0.2, 0.25) is 11.8 Å². The van der Waals surface area contributed by atoms with Crippen molar-refractivity contribution in [3.8, 4) is 0 Å². The number of rotatable bonds is 3. The standard InChI is InChI=1S/C10H17N3O2/c1-7(14)11-6-5-8-12-9(15-13-8)10(2,3)4/h5-6H2,1-4H3,(H,11,14). The molecule has 0 spiro atoms. The van der Waals surface area contributed by atoms with E-state index < -0.39 is 0 Å². The number of carbonyl (C=O) groups excluding carboxylic acids is 1. The molecular weight excluding hydrogens is 194 g/mol. The van der Waals surface area contributed by atoms with Gasteiger partial charge in [-0.1, -0.05) is 25.9 Å². The molecule has 0 atom stereocenters. The summed E-state index contributed by atoms with van der Waals surface area (Å²) in [6.45, 7) is 8.06. The van der Waals surface area contributed by atoms with E-state index in [9.17, 15) is 4.79 Å². The lowest BCUT2D eigenvalue weighted by atomic mass is 9.97. The molecular formula is C10H17N3O2. The van der Waals surface area contributed by atoms with Crippen LogP contribution < -0.4 is 5.32 Å². The number of nitrogens with one attached hydrogen (secondary N) is 1. The van der Waals surface area contributed by atoms with E-state index in [0.29, 0.717) is 24.7 Å². The Bertz CT molecular complexity index is 339. The monoisotopic (exact) mass is 211 g/mol. The van der Waals surface area contributed by atoms with Gasteiger partial charge in [0.05, 0.1) is 0 Å². The van der Waals surface area contributed by atoms with Crippen molar-refractivity contribution in [2.75, 3.05) is 6.54 Å². The summed E-state index contributed by atoms with van der Waals surface area (Å²) in [4.78, 5) is 14.9. The molecule has 0 saturated heterocycles. The van der Waals surface area contributed by atoms with Gasteiger partial charge in [-0.2, -0.15) is 4.98 Å². The van der Waals surface area contributed by atoms with E-state index in [1.807, 2.05) is 20.8 Å². The van der Waals surface area contributed by atoms with Gasteiger partial charge in [0.15, 0.2) is 5.82 Å². The molecule has 1 aromatic heterocycles. The molecule has 5 nitrogen and oxygen atoms in total. The minimum absolute atomic E-state index is 0.0467. The van der Waals surface area contributed by atoms with Crippen LogP contribution in [0, 0.1) is 0 Å². The zero-order valence-electron chi connectivity index (χ0n) is 9.63. The lowest BCUT2D eigenvalue weighted by Gasteiger charge is -2.10. The quantitative estimate of drug-likeness (QED) is 0.811. The molecule has 1 heterocycles. The lowest BCUT2D eigenvalue weighted by Crippen LogP contribution is -2.22. The first-order valence-corrected chi connectivity index (χ1v) is 4.97. The maximum Gasteiger partial charge on any atom is 0.232 e. The van der Waals surface area contributed by atoms with Gasteiger partial charge < -0.3 is 9.84 Å². The molecule has 1 N–H and O–H groups in total. The Kier molecular flexibility index (Phi) is 3.44. The maximum absolute atomic E-state index is 10.6. The third-order valence-electron chi connectivity index (χ3n) is 1.83. The molecule has 84 valence electrons. The van der Waals surface area contributed by atoms with Crippen LogP contribution in [0.15, 0.2) is 4.52 Å². The van der Waals surface area contributed by atoms with Gasteiger partial charge >= 0.3 is 0 Å². The van der Waals surface area contributed by atoms with Crippen molar-refractivity contribution in [1.29, 1.82) is 0 Å². The average Bonchev–Trinajstić information content (AvgIpc) is 2.51. The van der Waals surface area contributed by atoms with Crippen molar-refractivity contribution in [2.45, 2.75) is 39.5 Å². The fourth-order valence-electron chi connectivity index (χ4n) is 1.01. The summed E-state index contributed by atoms with van der Waals surface area (Å²) in [7, 11) is 0. The highest BCUT2D eigenvalue weighted by Gasteiger charge is 2.21. The molecule has 0 aliphatic heterocycles. The molecule has 1 rings (SSSR count). The summed E-state index contributed by atoms with van der Waals surface area (Å²) in [5.41, 5.74) is -0.126. The van der Waals surface area contributed by atoms with E-state index in [-0.39, 0.29) is 11.3 Å². The Morgan fingerprint density at radius 3 is 2.60 bits per heavy atom. The molecule has 5 heteroatoms. The largest absolute Gasteiger partial charge is 0.356 e. The van der Waals surface area contributed by atoms with Crippen LogP contribution in [-0.2, 0) is 16.6 Å². The molecule has 1 aromatic rings. The Balaban J connectivity index is 2.50. The van der Waals surface area contributed by atoms with E-state index >= 15 is 0 Å². The molecule has 15 heavy (non-hydrogen) atoms. The zero-order chi connectivity index (χ0) is 11.5. The van der Waals surface area contributed by atoms with Crippen LogP contribution >= 0.6 is 0 Å². The second-order valence-electron chi connectivity index (χ2n) is 4.50. The van der Waals surface area contributed by atoms with E-state index in [2.05, 4.69) is 15.5 Å². The van der Waals surface area contributed by atoms with Crippen LogP contribution in [0.5, 0.6) is 0 Å². The molecule has 0 aliphatic carbocycles. The Hall–Kier alpha value is -1.39. The fourth-order valence-corrected chi connectivity index (χ4v) is 1.01. The van der Waals surface area contributed by atoms with Crippen LogP contribution in [0.3, 0.4) is 0 Å². The predicted molar refractivity (Wildman–Crippen MR) is 55.4 cm³/mol. The number of hydrogen-bond donors (Lipinski definition) is 1. The molecule has 0 unspecified atom stereocenters. The van der Waals surface area contributed by atoms with E-state index in [0.717, 1.165) is 0 Å². The number of nitrogens with zero attached hydrogens (tertiary/aromatic N) is 2. The minimum atomic E-state index is -0.126. The van der Waals surface area contributed by atoms with Gasteiger partial charge in [0, 0.05) is 25.3 Å². The second kappa shape index (κ2) is 4.42. The summed E-state index contributed by atoms with van der Waals surface area (Å²) in [6, 6.07) is 0. The van der Waals surface area contributed by atoms with Crippen molar-refractivity contribution < 1.29 is 9.32 Å². The van der Waals surface area contributed by atoms with Crippen molar-refractivity contribution in [2.24, 2.45) is 0 Å². The average molecular weight is 211 g/mol. The first-order valence-electron chi connectivity index (χ1n) is 4.97. The molecule has 0 radical (unpaired) electrons. The maximum atomic E-state index is 10.6. The van der Waals surface area contributed by atoms with E-state index in [1.54, 1.807) is 0 Å². The normalized spacial score (nSPS) is 11.5. The van der Waals surface area contributed by atoms with E-state index in [1.165, 1.54) is 6.92 Å². The van der Waals surface area contributed by atoms with Crippen molar-refractivity contribution in [3.63, 3.8) is 0 Å². The third-order valence-corrected chi connectivity index (χ3v) is 1.83. The molecule has 0 saturated carbocycles. The first kappa shape index (κ1) is 11.7. The van der Waals surface area contributed by atoms with Crippen LogP contribution in [0.2, 0.25) is 0 Å². The summed E-state index contributed by atoms with van der Waals surface area (Å²) in [6.07, 6.45) is 0.596. The van der Waals surface area contributed by atoms with Gasteiger partial charge in [0.25, 0.3) is 0 Å². The van der Waals surface area contributed by atoms with Crippen LogP contribution in [-0.4, -0.2) is 22.6 Å². The summed E-state index contributed by atoms with van der Waals surface area (Å²) in [5, 5.41) is 6.52. The molecule has 0 aromatic carbocycles. The zero-order valence-corrected chi connectivity index (χ0v) is 9.63. The Morgan fingerprint density at radius 1 is 1.47 bits per heavy atom. The van der Waals surface area contributed by atoms with Crippen molar-refractivity contribution >= 4 is 5.91 Å². The van der Waals surface area contributed by atoms with Crippen molar-refractivity contribution in [1.82, 2.24) is 15.5 Å². The third kappa shape index (κ3) is 3.69. The molecule has 0 bridgehead atoms. The summed E-state index contributed by atoms with van der Waals surface area (Å²) < 4.78 is 5.11. The molecule has 0 fully saturated rings. The van der Waals surface area contributed by atoms with Crippen LogP contribution in [0.25, 0.3) is 0 Å². The molecule has 0 aliphatic rings. The Labute approximate surface area is 89.2 Å². The fraction of sp³-hybridized carbons (Fsp3) is 0.700. The first-order chi connectivity index (χ1) is 6.89. The van der Waals surface area contributed by atoms with Gasteiger partial charge in [-0.15, -0.1) is 0 Å². The van der Waals surface area contributed by atoms with Crippen LogP contribution in [0.4, 0.5) is 0 Å². The highest BCUT2D eigenvalue weighted by atomic mass is 16.5. The number of amides is 1. The molecule has 1 amide bonds. The van der Waals surface area contributed by atoms with E-state index in [4.69, 9.17) is 4.52 Å². The number of aromatic nitrogens is 2. The Morgan fingerprint density at radius 2 is 2.13 bits per heavy atom. The summed E-state index contributed by atoms with van der Waals surface area (Å²) >= 11 is 0.